The number of aliphatic hydroxyl groups excluding tert-OH is 1. The average Bonchev–Trinajstić information content (AvgIpc) is 2.63. The smallest absolute Gasteiger partial charge is 0.332 e. The molecule has 0 aliphatic rings. The Bertz CT molecular complexity index is 331. The van der Waals surface area contributed by atoms with E-state index in [4.69, 9.17) is 15.3 Å². The van der Waals surface area contributed by atoms with Gasteiger partial charge in [0.05, 0.1) is 0 Å². The molecule has 5 nitrogen and oxygen atoms in total. The molecule has 0 radical (unpaired) electrons. The van der Waals surface area contributed by atoms with Gasteiger partial charge in [0.1, 0.15) is 0 Å². The largest absolute Gasteiger partial charge is 0.481 e. The van der Waals surface area contributed by atoms with Crippen molar-refractivity contribution in [2.75, 3.05) is 0 Å². The van der Waals surface area contributed by atoms with E-state index in [9.17, 15) is 9.59 Å². The van der Waals surface area contributed by atoms with Crippen molar-refractivity contribution in [3.63, 3.8) is 0 Å². The standard InChI is InChI=1S/C14H28O2.C8H16O3/c1-2-3-4-5-6-7-8-9-10-11-12-13-14(15)16;1-2-3-4-5-6-7(9)8(10)11/h2-13H2,1H3,(H,15,16);7,9H,2-6H2,1H3,(H,10,11). The summed E-state index contributed by atoms with van der Waals surface area (Å²) in [7, 11) is 0. The van der Waals surface area contributed by atoms with Gasteiger partial charge in [0, 0.05) is 6.42 Å². The average molecular weight is 389 g/mol. The van der Waals surface area contributed by atoms with Crippen LogP contribution >= 0.6 is 0 Å². The summed E-state index contributed by atoms with van der Waals surface area (Å²) in [5.74, 6) is -1.77. The molecule has 0 aromatic carbocycles. The van der Waals surface area contributed by atoms with Gasteiger partial charge in [0.2, 0.25) is 0 Å². The molecule has 0 rings (SSSR count). The van der Waals surface area contributed by atoms with E-state index in [1.54, 1.807) is 0 Å². The molecule has 0 spiro atoms. The third kappa shape index (κ3) is 27.2. The minimum atomic E-state index is -1.16. The molecule has 162 valence electrons. The molecule has 3 N–H and O–H groups in total. The van der Waals surface area contributed by atoms with Crippen LogP contribution in [-0.2, 0) is 9.59 Å². The lowest BCUT2D eigenvalue weighted by molar-refractivity contribution is -0.147. The molecule has 1 unspecified atom stereocenters. The summed E-state index contributed by atoms with van der Waals surface area (Å²) in [6.07, 6.45) is 17.7. The lowest BCUT2D eigenvalue weighted by Crippen LogP contribution is -2.18. The molecule has 0 aliphatic carbocycles. The van der Waals surface area contributed by atoms with Crippen LogP contribution in [0.2, 0.25) is 0 Å². The highest BCUT2D eigenvalue weighted by Gasteiger charge is 2.11. The first-order valence-corrected chi connectivity index (χ1v) is 11.1. The highest BCUT2D eigenvalue weighted by molar-refractivity contribution is 5.71. The Balaban J connectivity index is 0. The topological polar surface area (TPSA) is 94.8 Å². The van der Waals surface area contributed by atoms with Gasteiger partial charge in [-0.25, -0.2) is 4.79 Å². The zero-order chi connectivity index (χ0) is 20.8. The van der Waals surface area contributed by atoms with E-state index >= 15 is 0 Å². The van der Waals surface area contributed by atoms with E-state index in [1.807, 2.05) is 0 Å². The number of carboxylic acid groups (broad SMARTS) is 2. The first-order valence-electron chi connectivity index (χ1n) is 11.1. The lowest BCUT2D eigenvalue weighted by atomic mass is 10.1. The van der Waals surface area contributed by atoms with Crippen LogP contribution in [0.5, 0.6) is 0 Å². The van der Waals surface area contributed by atoms with E-state index in [-0.39, 0.29) is 0 Å². The normalized spacial score (nSPS) is 11.5. The van der Waals surface area contributed by atoms with Crippen LogP contribution < -0.4 is 0 Å². The Hall–Kier alpha value is -1.10. The zero-order valence-electron chi connectivity index (χ0n) is 17.8. The molecule has 0 aromatic rings. The van der Waals surface area contributed by atoms with E-state index in [2.05, 4.69) is 13.8 Å². The molecule has 0 heterocycles. The maximum absolute atomic E-state index is 10.3. The lowest BCUT2D eigenvalue weighted by Gasteiger charge is -2.03. The number of carboxylic acids is 2. The highest BCUT2D eigenvalue weighted by Crippen LogP contribution is 2.11. The molecule has 0 aromatic heterocycles. The molecular weight excluding hydrogens is 344 g/mol. The maximum atomic E-state index is 10.3. The fourth-order valence-corrected chi connectivity index (χ4v) is 2.83. The minimum Gasteiger partial charge on any atom is -0.481 e. The Morgan fingerprint density at radius 2 is 1.00 bits per heavy atom. The second-order valence-electron chi connectivity index (χ2n) is 7.38. The van der Waals surface area contributed by atoms with Crippen LogP contribution in [0, 0.1) is 0 Å². The Morgan fingerprint density at radius 3 is 1.37 bits per heavy atom. The van der Waals surface area contributed by atoms with Gasteiger partial charge in [-0.05, 0) is 12.8 Å². The van der Waals surface area contributed by atoms with Gasteiger partial charge in [-0.1, -0.05) is 104 Å². The van der Waals surface area contributed by atoms with Crippen molar-refractivity contribution in [1.29, 1.82) is 0 Å². The highest BCUT2D eigenvalue weighted by atomic mass is 16.4. The summed E-state index contributed by atoms with van der Waals surface area (Å²) in [5, 5.41) is 25.6. The number of carbonyl (C=O) groups is 2. The van der Waals surface area contributed by atoms with Gasteiger partial charge in [-0.2, -0.15) is 0 Å². The Morgan fingerprint density at radius 1 is 0.630 bits per heavy atom. The molecule has 5 heteroatoms. The third-order valence-electron chi connectivity index (χ3n) is 4.61. The molecule has 27 heavy (non-hydrogen) atoms. The summed E-state index contributed by atoms with van der Waals surface area (Å²) in [6, 6.07) is 0. The van der Waals surface area contributed by atoms with Crippen molar-refractivity contribution in [3.05, 3.63) is 0 Å². The van der Waals surface area contributed by atoms with Crippen LogP contribution in [0.3, 0.4) is 0 Å². The van der Waals surface area contributed by atoms with Crippen molar-refractivity contribution < 1.29 is 24.9 Å². The van der Waals surface area contributed by atoms with Crippen LogP contribution in [0.15, 0.2) is 0 Å². The second kappa shape index (κ2) is 22.9. The van der Waals surface area contributed by atoms with Gasteiger partial charge < -0.3 is 15.3 Å². The van der Waals surface area contributed by atoms with E-state index in [1.165, 1.54) is 57.8 Å². The van der Waals surface area contributed by atoms with E-state index < -0.39 is 18.0 Å². The number of unbranched alkanes of at least 4 members (excludes halogenated alkanes) is 13. The summed E-state index contributed by atoms with van der Waals surface area (Å²) >= 11 is 0. The third-order valence-corrected chi connectivity index (χ3v) is 4.61. The number of hydrogen-bond acceptors (Lipinski definition) is 3. The quantitative estimate of drug-likeness (QED) is 0.244. The van der Waals surface area contributed by atoms with Gasteiger partial charge in [-0.15, -0.1) is 0 Å². The summed E-state index contributed by atoms with van der Waals surface area (Å²) < 4.78 is 0. The minimum absolute atomic E-state index is 0.344. The van der Waals surface area contributed by atoms with Crippen LogP contribution in [0.25, 0.3) is 0 Å². The summed E-state index contributed by atoms with van der Waals surface area (Å²) in [5.41, 5.74) is 0. The molecule has 0 aliphatic heterocycles. The van der Waals surface area contributed by atoms with E-state index in [0.717, 1.165) is 38.5 Å². The first-order chi connectivity index (χ1) is 13.0. The van der Waals surface area contributed by atoms with Gasteiger partial charge in [0.15, 0.2) is 6.10 Å². The molecule has 1 atom stereocenters. The monoisotopic (exact) mass is 388 g/mol. The van der Waals surface area contributed by atoms with Crippen LogP contribution in [-0.4, -0.2) is 33.4 Å². The predicted octanol–water partition coefficient (Wildman–Crippen LogP) is 6.17. The SMILES string of the molecule is CCCCCCC(O)C(=O)O.CCCCCCCCCCCCCC(=O)O. The molecule has 0 fully saturated rings. The number of aliphatic carboxylic acids is 2. The number of aliphatic hydroxyl groups is 1. The van der Waals surface area contributed by atoms with Crippen molar-refractivity contribution >= 4 is 11.9 Å². The maximum Gasteiger partial charge on any atom is 0.332 e. The Kier molecular flexibility index (Phi) is 23.9. The van der Waals surface area contributed by atoms with E-state index in [0.29, 0.717) is 12.8 Å². The molecule has 0 saturated carbocycles. The van der Waals surface area contributed by atoms with Gasteiger partial charge in [0.25, 0.3) is 0 Å². The fourth-order valence-electron chi connectivity index (χ4n) is 2.83. The van der Waals surface area contributed by atoms with Crippen molar-refractivity contribution in [1.82, 2.24) is 0 Å². The van der Waals surface area contributed by atoms with Crippen molar-refractivity contribution in [3.8, 4) is 0 Å². The first kappa shape index (κ1) is 28.1. The van der Waals surface area contributed by atoms with Crippen molar-refractivity contribution in [2.24, 2.45) is 0 Å². The Labute approximate surface area is 166 Å². The second-order valence-corrected chi connectivity index (χ2v) is 7.38. The molecule has 0 saturated heterocycles. The fraction of sp³-hybridized carbons (Fsp3) is 0.909. The van der Waals surface area contributed by atoms with Gasteiger partial charge in [-0.3, -0.25) is 4.79 Å². The number of hydrogen-bond donors (Lipinski definition) is 3. The predicted molar refractivity (Wildman–Crippen MR) is 111 cm³/mol. The molecule has 0 amide bonds. The number of rotatable bonds is 18. The van der Waals surface area contributed by atoms with Crippen LogP contribution in [0.1, 0.15) is 123 Å². The zero-order valence-corrected chi connectivity index (χ0v) is 17.8. The van der Waals surface area contributed by atoms with Gasteiger partial charge >= 0.3 is 11.9 Å². The summed E-state index contributed by atoms with van der Waals surface area (Å²) in [4.78, 5) is 20.4. The molecule has 0 bridgehead atoms. The van der Waals surface area contributed by atoms with Crippen LogP contribution in [0.4, 0.5) is 0 Å². The molecular formula is C22H44O5. The summed E-state index contributed by atoms with van der Waals surface area (Å²) in [6.45, 7) is 4.34. The van der Waals surface area contributed by atoms with Crippen molar-refractivity contribution in [2.45, 2.75) is 129 Å².